The molecule has 1 aliphatic rings. The summed E-state index contributed by atoms with van der Waals surface area (Å²) in [5, 5.41) is 23.0. The van der Waals surface area contributed by atoms with Gasteiger partial charge in [0, 0.05) is 18.9 Å². The second-order valence-electron chi connectivity index (χ2n) is 6.75. The third-order valence-electron chi connectivity index (χ3n) is 4.78. The van der Waals surface area contributed by atoms with Gasteiger partial charge >= 0.3 is 12.1 Å². The van der Waals surface area contributed by atoms with Gasteiger partial charge in [-0.1, -0.05) is 25.5 Å². The molecule has 0 aliphatic heterocycles. The first-order chi connectivity index (χ1) is 12.5. The number of esters is 1. The third kappa shape index (κ3) is 8.19. The Labute approximate surface area is 155 Å². The Balaban J connectivity index is 2.36. The Morgan fingerprint density at radius 1 is 1.15 bits per heavy atom. The number of ether oxygens (including phenoxy) is 2. The van der Waals surface area contributed by atoms with Crippen molar-refractivity contribution >= 4 is 12.1 Å². The minimum Gasteiger partial charge on any atom is -0.469 e. The number of hydrogen-bond acceptors (Lipinski definition) is 6. The van der Waals surface area contributed by atoms with E-state index in [2.05, 4.69) is 10.1 Å². The standard InChI is InChI=1S/C19H33NO6/c1-3-4-11-20-19(24)26-13-15-14(16(21)12-17(15)22)9-7-5-6-8-10-18(23)25-2/h5,7,14-17,21-22H,3-4,6,8-13H2,1-2H3,(H,20,24)/b7-5-/t14-,15-,16+,17-/m1/s1. The van der Waals surface area contributed by atoms with E-state index in [0.717, 1.165) is 19.3 Å². The predicted octanol–water partition coefficient (Wildman–Crippen LogP) is 2.16. The normalized spacial score (nSPS) is 25.4. The van der Waals surface area contributed by atoms with Gasteiger partial charge in [-0.25, -0.2) is 4.79 Å². The monoisotopic (exact) mass is 371 g/mol. The topological polar surface area (TPSA) is 105 Å². The van der Waals surface area contributed by atoms with Crippen molar-refractivity contribution in [2.75, 3.05) is 20.3 Å². The Morgan fingerprint density at radius 3 is 2.58 bits per heavy atom. The molecule has 0 aromatic carbocycles. The molecule has 0 bridgehead atoms. The molecule has 1 aliphatic carbocycles. The number of nitrogens with one attached hydrogen (secondary N) is 1. The molecule has 1 fully saturated rings. The van der Waals surface area contributed by atoms with Crippen molar-refractivity contribution in [1.29, 1.82) is 0 Å². The maximum Gasteiger partial charge on any atom is 0.407 e. The van der Waals surface area contributed by atoms with E-state index in [4.69, 9.17) is 4.74 Å². The minimum absolute atomic E-state index is 0.0943. The number of aliphatic hydroxyl groups excluding tert-OH is 2. The minimum atomic E-state index is -0.675. The van der Waals surface area contributed by atoms with E-state index in [0.29, 0.717) is 32.2 Å². The molecule has 0 radical (unpaired) electrons. The summed E-state index contributed by atoms with van der Waals surface area (Å²) in [5.41, 5.74) is 0. The molecule has 0 aromatic rings. The summed E-state index contributed by atoms with van der Waals surface area (Å²) < 4.78 is 9.79. The fourth-order valence-electron chi connectivity index (χ4n) is 3.16. The highest BCUT2D eigenvalue weighted by atomic mass is 16.5. The number of aliphatic hydroxyl groups is 2. The zero-order valence-electron chi connectivity index (χ0n) is 15.9. The molecular formula is C19H33NO6. The highest BCUT2D eigenvalue weighted by Crippen LogP contribution is 2.35. The van der Waals surface area contributed by atoms with E-state index >= 15 is 0 Å². The molecule has 0 spiro atoms. The molecule has 7 nitrogen and oxygen atoms in total. The van der Waals surface area contributed by atoms with Gasteiger partial charge in [-0.05, 0) is 38.0 Å². The van der Waals surface area contributed by atoms with Crippen LogP contribution < -0.4 is 5.32 Å². The highest BCUT2D eigenvalue weighted by Gasteiger charge is 2.41. The zero-order chi connectivity index (χ0) is 19.4. The molecule has 0 aromatic heterocycles. The lowest BCUT2D eigenvalue weighted by molar-refractivity contribution is -0.140. The van der Waals surface area contributed by atoms with E-state index < -0.39 is 18.3 Å². The number of rotatable bonds is 11. The van der Waals surface area contributed by atoms with Crippen LogP contribution in [0, 0.1) is 11.8 Å². The number of alkyl carbamates (subject to hydrolysis) is 1. The summed E-state index contributed by atoms with van der Waals surface area (Å²) in [7, 11) is 1.37. The molecule has 0 heterocycles. The summed E-state index contributed by atoms with van der Waals surface area (Å²) >= 11 is 0. The molecule has 0 unspecified atom stereocenters. The number of carbonyl (C=O) groups is 2. The maximum absolute atomic E-state index is 11.7. The van der Waals surface area contributed by atoms with Crippen LogP contribution in [0.3, 0.4) is 0 Å². The van der Waals surface area contributed by atoms with Crippen molar-refractivity contribution in [3.8, 4) is 0 Å². The van der Waals surface area contributed by atoms with E-state index in [-0.39, 0.29) is 24.4 Å². The number of methoxy groups -OCH3 is 1. The van der Waals surface area contributed by atoms with Crippen molar-refractivity contribution in [3.05, 3.63) is 12.2 Å². The summed E-state index contributed by atoms with van der Waals surface area (Å²) in [6.07, 6.45) is 6.78. The van der Waals surface area contributed by atoms with E-state index in [1.807, 2.05) is 19.1 Å². The molecule has 1 saturated carbocycles. The van der Waals surface area contributed by atoms with Crippen LogP contribution in [0.25, 0.3) is 0 Å². The van der Waals surface area contributed by atoms with Crippen LogP contribution in [0.4, 0.5) is 4.79 Å². The van der Waals surface area contributed by atoms with Crippen molar-refractivity contribution < 1.29 is 29.3 Å². The van der Waals surface area contributed by atoms with Gasteiger partial charge in [0.1, 0.15) is 0 Å². The van der Waals surface area contributed by atoms with Gasteiger partial charge in [0.05, 0.1) is 25.9 Å². The first-order valence-electron chi connectivity index (χ1n) is 9.48. The summed E-state index contributed by atoms with van der Waals surface area (Å²) in [5.74, 6) is -0.644. The molecule has 0 saturated heterocycles. The van der Waals surface area contributed by atoms with Crippen LogP contribution in [0.2, 0.25) is 0 Å². The Kier molecular flexibility index (Phi) is 11.0. The predicted molar refractivity (Wildman–Crippen MR) is 97.5 cm³/mol. The fraction of sp³-hybridized carbons (Fsp3) is 0.789. The molecule has 150 valence electrons. The molecular weight excluding hydrogens is 338 g/mol. The second-order valence-corrected chi connectivity index (χ2v) is 6.75. The molecule has 7 heteroatoms. The molecule has 1 amide bonds. The lowest BCUT2D eigenvalue weighted by atomic mass is 9.91. The van der Waals surface area contributed by atoms with Crippen LogP contribution in [-0.4, -0.2) is 54.7 Å². The van der Waals surface area contributed by atoms with Gasteiger partial charge in [0.15, 0.2) is 0 Å². The lowest BCUT2D eigenvalue weighted by Gasteiger charge is -2.22. The van der Waals surface area contributed by atoms with Gasteiger partial charge < -0.3 is 25.0 Å². The zero-order valence-corrected chi connectivity index (χ0v) is 15.9. The average molecular weight is 371 g/mol. The quantitative estimate of drug-likeness (QED) is 0.292. The fourth-order valence-corrected chi connectivity index (χ4v) is 3.16. The maximum atomic E-state index is 11.7. The van der Waals surface area contributed by atoms with Crippen molar-refractivity contribution in [1.82, 2.24) is 5.32 Å². The largest absolute Gasteiger partial charge is 0.469 e. The number of carbonyl (C=O) groups excluding carboxylic acids is 2. The van der Waals surface area contributed by atoms with Gasteiger partial charge in [0.2, 0.25) is 0 Å². The van der Waals surface area contributed by atoms with Gasteiger partial charge in [0.25, 0.3) is 0 Å². The van der Waals surface area contributed by atoms with Crippen molar-refractivity contribution in [2.24, 2.45) is 11.8 Å². The van der Waals surface area contributed by atoms with Crippen molar-refractivity contribution in [3.63, 3.8) is 0 Å². The number of amides is 1. The van der Waals surface area contributed by atoms with Crippen LogP contribution >= 0.6 is 0 Å². The first-order valence-corrected chi connectivity index (χ1v) is 9.48. The summed E-state index contributed by atoms with van der Waals surface area (Å²) in [4.78, 5) is 22.7. The Hall–Kier alpha value is -1.60. The van der Waals surface area contributed by atoms with Crippen LogP contribution in [-0.2, 0) is 14.3 Å². The second kappa shape index (κ2) is 12.7. The van der Waals surface area contributed by atoms with Crippen LogP contribution in [0.1, 0.15) is 51.9 Å². The summed E-state index contributed by atoms with van der Waals surface area (Å²) in [6, 6.07) is 0. The van der Waals surface area contributed by atoms with Crippen LogP contribution in [0.5, 0.6) is 0 Å². The number of hydrogen-bond donors (Lipinski definition) is 3. The van der Waals surface area contributed by atoms with Crippen molar-refractivity contribution in [2.45, 2.75) is 64.1 Å². The third-order valence-corrected chi connectivity index (χ3v) is 4.78. The van der Waals surface area contributed by atoms with Gasteiger partial charge in [-0.3, -0.25) is 4.79 Å². The number of allylic oxidation sites excluding steroid dienone is 2. The van der Waals surface area contributed by atoms with Gasteiger partial charge in [-0.2, -0.15) is 0 Å². The Morgan fingerprint density at radius 2 is 1.88 bits per heavy atom. The lowest BCUT2D eigenvalue weighted by Crippen LogP contribution is -2.32. The van der Waals surface area contributed by atoms with Gasteiger partial charge in [-0.15, -0.1) is 0 Å². The van der Waals surface area contributed by atoms with E-state index in [9.17, 15) is 19.8 Å². The average Bonchev–Trinajstić information content (AvgIpc) is 2.89. The first kappa shape index (κ1) is 22.4. The van der Waals surface area contributed by atoms with E-state index in [1.54, 1.807) is 0 Å². The molecule has 26 heavy (non-hydrogen) atoms. The van der Waals surface area contributed by atoms with Crippen LogP contribution in [0.15, 0.2) is 12.2 Å². The SMILES string of the molecule is CCCCNC(=O)OC[C@@H]1[C@@H](C/C=C\CCCC(=O)OC)[C@@H](O)C[C@H]1O. The highest BCUT2D eigenvalue weighted by molar-refractivity contribution is 5.69. The molecule has 3 N–H and O–H groups in total. The number of unbranched alkanes of at least 4 members (excludes halogenated alkanes) is 2. The van der Waals surface area contributed by atoms with E-state index in [1.165, 1.54) is 7.11 Å². The molecule has 4 atom stereocenters. The smallest absolute Gasteiger partial charge is 0.407 e. The Bertz CT molecular complexity index is 453. The summed E-state index contributed by atoms with van der Waals surface area (Å²) in [6.45, 7) is 2.71. The molecule has 1 rings (SSSR count).